The van der Waals surface area contributed by atoms with Crippen molar-refractivity contribution in [2.24, 2.45) is 0 Å². The van der Waals surface area contributed by atoms with Gasteiger partial charge >= 0.3 is 0 Å². The molecule has 2 amide bonds. The van der Waals surface area contributed by atoms with Crippen LogP contribution in [0.25, 0.3) is 6.08 Å². The van der Waals surface area contributed by atoms with Crippen molar-refractivity contribution in [1.29, 1.82) is 0 Å². The quantitative estimate of drug-likeness (QED) is 0.224. The lowest BCUT2D eigenvalue weighted by Crippen LogP contribution is -2.31. The summed E-state index contributed by atoms with van der Waals surface area (Å²) in [6, 6.07) is 18.2. The lowest BCUT2D eigenvalue weighted by Gasteiger charge is -2.12. The highest BCUT2D eigenvalue weighted by Crippen LogP contribution is 2.19. The average Bonchev–Trinajstić information content (AvgIpc) is 2.79. The standard InChI is InChI=1S/C24H18ClN3O5/c1-15(29)17-9-11-18(12-10-17)26-24(31)22(14-16-5-4-6-19(13-16)28(32)33)27-23(30)20-7-2-3-8-21(20)25/h2-14H,1H3,(H,26,31)(H,27,30)/b22-14-. The predicted molar refractivity (Wildman–Crippen MR) is 125 cm³/mol. The highest BCUT2D eigenvalue weighted by molar-refractivity contribution is 6.34. The number of nitrogens with one attached hydrogen (secondary N) is 2. The van der Waals surface area contributed by atoms with Gasteiger partial charge in [0, 0.05) is 23.4 Å². The third kappa shape index (κ3) is 6.11. The first-order valence-corrected chi connectivity index (χ1v) is 10.1. The second-order valence-corrected chi connectivity index (χ2v) is 7.34. The van der Waals surface area contributed by atoms with E-state index in [0.29, 0.717) is 16.8 Å². The van der Waals surface area contributed by atoms with Crippen molar-refractivity contribution in [2.75, 3.05) is 5.32 Å². The average molecular weight is 464 g/mol. The van der Waals surface area contributed by atoms with Gasteiger partial charge in [-0.25, -0.2) is 0 Å². The Bertz CT molecular complexity index is 1270. The number of amides is 2. The Morgan fingerprint density at radius 3 is 2.30 bits per heavy atom. The lowest BCUT2D eigenvalue weighted by molar-refractivity contribution is -0.384. The van der Waals surface area contributed by atoms with Gasteiger partial charge in [0.1, 0.15) is 5.70 Å². The highest BCUT2D eigenvalue weighted by Gasteiger charge is 2.17. The van der Waals surface area contributed by atoms with Crippen molar-refractivity contribution in [2.45, 2.75) is 6.92 Å². The molecule has 3 rings (SSSR count). The topological polar surface area (TPSA) is 118 Å². The zero-order valence-corrected chi connectivity index (χ0v) is 18.1. The summed E-state index contributed by atoms with van der Waals surface area (Å²) in [5.74, 6) is -1.41. The molecular weight excluding hydrogens is 446 g/mol. The van der Waals surface area contributed by atoms with Crippen LogP contribution < -0.4 is 10.6 Å². The number of hydrogen-bond donors (Lipinski definition) is 2. The Labute approximate surface area is 194 Å². The van der Waals surface area contributed by atoms with E-state index < -0.39 is 16.7 Å². The van der Waals surface area contributed by atoms with E-state index in [1.54, 1.807) is 42.5 Å². The van der Waals surface area contributed by atoms with E-state index in [1.807, 2.05) is 0 Å². The minimum absolute atomic E-state index is 0.119. The van der Waals surface area contributed by atoms with Crippen molar-refractivity contribution in [3.05, 3.63) is 110 Å². The van der Waals surface area contributed by atoms with Crippen molar-refractivity contribution in [3.8, 4) is 0 Å². The van der Waals surface area contributed by atoms with Crippen LogP contribution in [0.5, 0.6) is 0 Å². The highest BCUT2D eigenvalue weighted by atomic mass is 35.5. The molecule has 0 aromatic heterocycles. The van der Waals surface area contributed by atoms with E-state index in [0.717, 1.165) is 0 Å². The summed E-state index contributed by atoms with van der Waals surface area (Å²) in [5.41, 5.74) is 1.04. The van der Waals surface area contributed by atoms with Gasteiger partial charge in [-0.2, -0.15) is 0 Å². The largest absolute Gasteiger partial charge is 0.321 e. The molecule has 2 N–H and O–H groups in total. The maximum atomic E-state index is 13.0. The van der Waals surface area contributed by atoms with E-state index in [1.165, 1.54) is 43.3 Å². The molecule has 0 bridgehead atoms. The number of non-ortho nitro benzene ring substituents is 1. The summed E-state index contributed by atoms with van der Waals surface area (Å²) in [4.78, 5) is 47.7. The predicted octanol–water partition coefficient (Wildman–Crippen LogP) is 4.86. The molecule has 0 unspecified atom stereocenters. The van der Waals surface area contributed by atoms with Crippen LogP contribution in [0.3, 0.4) is 0 Å². The van der Waals surface area contributed by atoms with Crippen LogP contribution in [-0.4, -0.2) is 22.5 Å². The van der Waals surface area contributed by atoms with Gasteiger partial charge in [0.2, 0.25) is 0 Å². The molecule has 0 aliphatic carbocycles. The number of halogens is 1. The first kappa shape index (κ1) is 23.4. The molecule has 8 nitrogen and oxygen atoms in total. The molecular formula is C24H18ClN3O5. The summed E-state index contributed by atoms with van der Waals surface area (Å²) in [6.07, 6.45) is 1.32. The van der Waals surface area contributed by atoms with Crippen molar-refractivity contribution < 1.29 is 19.3 Å². The fourth-order valence-electron chi connectivity index (χ4n) is 2.87. The van der Waals surface area contributed by atoms with Gasteiger partial charge in [-0.15, -0.1) is 0 Å². The number of Topliss-reactive ketones (excluding diaryl/α,β-unsaturated/α-hetero) is 1. The Morgan fingerprint density at radius 2 is 1.67 bits per heavy atom. The minimum Gasteiger partial charge on any atom is -0.321 e. The maximum Gasteiger partial charge on any atom is 0.272 e. The van der Waals surface area contributed by atoms with Gasteiger partial charge in [0.15, 0.2) is 5.78 Å². The summed E-state index contributed by atoms with van der Waals surface area (Å²) < 4.78 is 0. The first-order valence-electron chi connectivity index (χ1n) is 9.69. The molecule has 0 heterocycles. The SMILES string of the molecule is CC(=O)c1ccc(NC(=O)/C(=C/c2cccc([N+](=O)[O-])c2)NC(=O)c2ccccc2Cl)cc1. The number of carbonyl (C=O) groups excluding carboxylic acids is 3. The molecule has 33 heavy (non-hydrogen) atoms. The van der Waals surface area contributed by atoms with Gasteiger partial charge in [-0.1, -0.05) is 35.9 Å². The van der Waals surface area contributed by atoms with Gasteiger partial charge < -0.3 is 10.6 Å². The molecule has 0 saturated heterocycles. The van der Waals surface area contributed by atoms with Crippen LogP contribution in [0.15, 0.2) is 78.5 Å². The fraction of sp³-hybridized carbons (Fsp3) is 0.0417. The number of benzene rings is 3. The van der Waals surface area contributed by atoms with Gasteiger partial charge in [-0.3, -0.25) is 24.5 Å². The molecule has 3 aromatic rings. The Hall–Kier alpha value is -4.30. The summed E-state index contributed by atoms with van der Waals surface area (Å²) in [6.45, 7) is 1.43. The zero-order valence-electron chi connectivity index (χ0n) is 17.4. The van der Waals surface area contributed by atoms with Gasteiger partial charge in [-0.05, 0) is 55.0 Å². The monoisotopic (exact) mass is 463 g/mol. The third-order valence-corrected chi connectivity index (χ3v) is 4.88. The number of nitro groups is 1. The van der Waals surface area contributed by atoms with E-state index in [9.17, 15) is 24.5 Å². The van der Waals surface area contributed by atoms with Gasteiger partial charge in [0.05, 0.1) is 15.5 Å². The van der Waals surface area contributed by atoms with Crippen LogP contribution >= 0.6 is 11.6 Å². The van der Waals surface area contributed by atoms with Crippen molar-refractivity contribution >= 4 is 46.6 Å². The molecule has 0 saturated carbocycles. The molecule has 0 aliphatic rings. The van der Waals surface area contributed by atoms with E-state index in [4.69, 9.17) is 11.6 Å². The number of nitro benzene ring substituents is 1. The third-order valence-electron chi connectivity index (χ3n) is 4.55. The zero-order chi connectivity index (χ0) is 24.0. The smallest absolute Gasteiger partial charge is 0.272 e. The summed E-state index contributed by atoms with van der Waals surface area (Å²) in [7, 11) is 0. The van der Waals surface area contributed by atoms with Crippen molar-refractivity contribution in [3.63, 3.8) is 0 Å². The number of anilines is 1. The van der Waals surface area contributed by atoms with Crippen molar-refractivity contribution in [1.82, 2.24) is 5.32 Å². The minimum atomic E-state index is -0.669. The fourth-order valence-corrected chi connectivity index (χ4v) is 3.10. The Kier molecular flexibility index (Phi) is 7.32. The number of carbonyl (C=O) groups is 3. The number of ketones is 1. The second kappa shape index (κ2) is 10.3. The van der Waals surface area contributed by atoms with Crippen LogP contribution in [0.4, 0.5) is 11.4 Å². The Balaban J connectivity index is 1.93. The Morgan fingerprint density at radius 1 is 0.970 bits per heavy atom. The van der Waals surface area contributed by atoms with E-state index in [2.05, 4.69) is 10.6 Å². The van der Waals surface area contributed by atoms with Crippen LogP contribution in [-0.2, 0) is 4.79 Å². The van der Waals surface area contributed by atoms with Crippen LogP contribution in [0.2, 0.25) is 5.02 Å². The first-order chi connectivity index (χ1) is 15.7. The molecule has 0 radical (unpaired) electrons. The molecule has 0 atom stereocenters. The maximum absolute atomic E-state index is 13.0. The van der Waals surface area contributed by atoms with Crippen LogP contribution in [0.1, 0.15) is 33.2 Å². The molecule has 0 fully saturated rings. The van der Waals surface area contributed by atoms with E-state index >= 15 is 0 Å². The second-order valence-electron chi connectivity index (χ2n) is 6.93. The van der Waals surface area contributed by atoms with E-state index in [-0.39, 0.29) is 27.8 Å². The molecule has 166 valence electrons. The summed E-state index contributed by atoms with van der Waals surface area (Å²) >= 11 is 6.08. The molecule has 0 aliphatic heterocycles. The molecule has 9 heteroatoms. The van der Waals surface area contributed by atoms with Crippen LogP contribution in [0, 0.1) is 10.1 Å². The number of rotatable bonds is 7. The number of nitrogens with zero attached hydrogens (tertiary/aromatic N) is 1. The lowest BCUT2D eigenvalue weighted by atomic mass is 10.1. The molecule has 0 spiro atoms. The summed E-state index contributed by atoms with van der Waals surface area (Å²) in [5, 5.41) is 16.4. The molecule has 3 aromatic carbocycles. The normalized spacial score (nSPS) is 10.9. The number of hydrogen-bond acceptors (Lipinski definition) is 5. The van der Waals surface area contributed by atoms with Gasteiger partial charge in [0.25, 0.3) is 17.5 Å².